The van der Waals surface area contributed by atoms with Gasteiger partial charge in [0.25, 0.3) is 0 Å². The summed E-state index contributed by atoms with van der Waals surface area (Å²) < 4.78 is 4.86. The van der Waals surface area contributed by atoms with Gasteiger partial charge in [0.15, 0.2) is 0 Å². The van der Waals surface area contributed by atoms with Crippen LogP contribution in [-0.2, 0) is 9.53 Å². The van der Waals surface area contributed by atoms with Gasteiger partial charge in [-0.15, -0.1) is 0 Å². The Kier molecular flexibility index (Phi) is 4.99. The lowest BCUT2D eigenvalue weighted by Crippen LogP contribution is -2.14. The third-order valence-corrected chi connectivity index (χ3v) is 1.28. The molecule has 0 bridgehead atoms. The Bertz CT molecular complexity index is 99.4. The van der Waals surface area contributed by atoms with Crippen molar-refractivity contribution in [3.05, 3.63) is 6.92 Å². The summed E-state index contributed by atoms with van der Waals surface area (Å²) in [7, 11) is 0. The molecule has 0 spiro atoms. The predicted octanol–water partition coefficient (Wildman–Crippen LogP) is 1.80. The molecule has 0 aromatic heterocycles. The van der Waals surface area contributed by atoms with Gasteiger partial charge < -0.3 is 4.74 Å². The van der Waals surface area contributed by atoms with Gasteiger partial charge in [0, 0.05) is 0 Å². The molecule has 59 valence electrons. The largest absolute Gasteiger partial charge is 0.465 e. The van der Waals surface area contributed by atoms with E-state index in [0.717, 1.165) is 6.42 Å². The van der Waals surface area contributed by atoms with Gasteiger partial charge in [0.1, 0.15) is 0 Å². The Morgan fingerprint density at radius 2 is 2.30 bits per heavy atom. The molecule has 0 heterocycles. The fraction of sp³-hybridized carbons (Fsp3) is 0.750. The quantitative estimate of drug-likeness (QED) is 0.561. The molecule has 0 rings (SSSR count). The number of esters is 1. The molecule has 2 nitrogen and oxygen atoms in total. The van der Waals surface area contributed by atoms with Crippen molar-refractivity contribution in [2.45, 2.75) is 26.7 Å². The second-order valence-electron chi connectivity index (χ2n) is 2.36. The lowest BCUT2D eigenvalue weighted by atomic mass is 10.1. The molecule has 0 aromatic carbocycles. The van der Waals surface area contributed by atoms with Gasteiger partial charge >= 0.3 is 5.97 Å². The summed E-state index contributed by atoms with van der Waals surface area (Å²) in [6, 6.07) is 0. The highest BCUT2D eigenvalue weighted by Crippen LogP contribution is 2.02. The van der Waals surface area contributed by atoms with E-state index in [1.165, 1.54) is 0 Å². The zero-order valence-corrected chi connectivity index (χ0v) is 6.72. The van der Waals surface area contributed by atoms with Crippen molar-refractivity contribution in [1.29, 1.82) is 0 Å². The van der Waals surface area contributed by atoms with Crippen LogP contribution in [0.3, 0.4) is 0 Å². The molecule has 0 aliphatic carbocycles. The van der Waals surface area contributed by atoms with Gasteiger partial charge in [-0.3, -0.25) is 4.79 Å². The van der Waals surface area contributed by atoms with Crippen LogP contribution < -0.4 is 0 Å². The Hall–Kier alpha value is -0.530. The summed E-state index contributed by atoms with van der Waals surface area (Å²) in [5, 5.41) is 0. The second kappa shape index (κ2) is 5.27. The normalized spacial score (nSPS) is 12.7. The first kappa shape index (κ1) is 9.47. The summed E-state index contributed by atoms with van der Waals surface area (Å²) in [6.07, 6.45) is 1.50. The number of hydrogen-bond donors (Lipinski definition) is 0. The van der Waals surface area contributed by atoms with Crippen molar-refractivity contribution in [1.82, 2.24) is 0 Å². The summed E-state index contributed by atoms with van der Waals surface area (Å²) in [6.45, 7) is 7.94. The molecule has 0 saturated heterocycles. The fourth-order valence-corrected chi connectivity index (χ4v) is 0.463. The molecule has 0 amide bonds. The SMILES string of the molecule is [CH2]CC(C)C(=O)OCCC. The Morgan fingerprint density at radius 3 is 2.70 bits per heavy atom. The van der Waals surface area contributed by atoms with Crippen LogP contribution in [0.2, 0.25) is 0 Å². The monoisotopic (exact) mass is 143 g/mol. The number of rotatable bonds is 4. The van der Waals surface area contributed by atoms with E-state index in [2.05, 4.69) is 6.92 Å². The van der Waals surface area contributed by atoms with Crippen LogP contribution in [0, 0.1) is 12.8 Å². The zero-order chi connectivity index (χ0) is 7.98. The van der Waals surface area contributed by atoms with E-state index in [1.54, 1.807) is 0 Å². The highest BCUT2D eigenvalue weighted by Gasteiger charge is 2.10. The summed E-state index contributed by atoms with van der Waals surface area (Å²) in [4.78, 5) is 10.9. The number of hydrogen-bond acceptors (Lipinski definition) is 2. The first-order valence-corrected chi connectivity index (χ1v) is 3.68. The van der Waals surface area contributed by atoms with Gasteiger partial charge in [-0.05, 0) is 12.8 Å². The van der Waals surface area contributed by atoms with Gasteiger partial charge in [-0.25, -0.2) is 0 Å². The van der Waals surface area contributed by atoms with Crippen LogP contribution in [0.15, 0.2) is 0 Å². The molecule has 0 aromatic rings. The Balaban J connectivity index is 3.42. The molecule has 1 radical (unpaired) electrons. The molecular weight excluding hydrogens is 128 g/mol. The topological polar surface area (TPSA) is 26.3 Å². The van der Waals surface area contributed by atoms with Gasteiger partial charge in [0.2, 0.25) is 0 Å². The Labute approximate surface area is 62.6 Å². The van der Waals surface area contributed by atoms with Crippen molar-refractivity contribution in [3.63, 3.8) is 0 Å². The van der Waals surface area contributed by atoms with Gasteiger partial charge in [-0.2, -0.15) is 0 Å². The highest BCUT2D eigenvalue weighted by molar-refractivity contribution is 5.71. The van der Waals surface area contributed by atoms with Crippen molar-refractivity contribution < 1.29 is 9.53 Å². The molecule has 0 saturated carbocycles. The van der Waals surface area contributed by atoms with Crippen molar-refractivity contribution in [2.75, 3.05) is 6.61 Å². The Morgan fingerprint density at radius 1 is 1.70 bits per heavy atom. The average Bonchev–Trinajstić information content (AvgIpc) is 1.98. The fourth-order valence-electron chi connectivity index (χ4n) is 0.463. The van der Waals surface area contributed by atoms with Gasteiger partial charge in [-0.1, -0.05) is 20.8 Å². The maximum atomic E-state index is 10.9. The number of ether oxygens (including phenoxy) is 1. The lowest BCUT2D eigenvalue weighted by Gasteiger charge is -2.06. The summed E-state index contributed by atoms with van der Waals surface area (Å²) >= 11 is 0. The van der Waals surface area contributed by atoms with E-state index < -0.39 is 0 Å². The molecule has 0 fully saturated rings. The first-order valence-electron chi connectivity index (χ1n) is 3.68. The number of carbonyl (C=O) groups excluding carboxylic acids is 1. The molecule has 0 N–H and O–H groups in total. The van der Waals surface area contributed by atoms with Crippen molar-refractivity contribution >= 4 is 5.97 Å². The van der Waals surface area contributed by atoms with Crippen molar-refractivity contribution in [3.8, 4) is 0 Å². The third kappa shape index (κ3) is 3.49. The van der Waals surface area contributed by atoms with E-state index in [-0.39, 0.29) is 11.9 Å². The smallest absolute Gasteiger partial charge is 0.308 e. The van der Waals surface area contributed by atoms with Crippen LogP contribution in [0.4, 0.5) is 0 Å². The molecule has 1 atom stereocenters. The second-order valence-corrected chi connectivity index (χ2v) is 2.36. The van der Waals surface area contributed by atoms with E-state index in [0.29, 0.717) is 13.0 Å². The minimum atomic E-state index is -0.128. The minimum absolute atomic E-state index is 0.0495. The van der Waals surface area contributed by atoms with E-state index in [4.69, 9.17) is 4.74 Å². The van der Waals surface area contributed by atoms with E-state index in [1.807, 2.05) is 13.8 Å². The maximum Gasteiger partial charge on any atom is 0.308 e. The summed E-state index contributed by atoms with van der Waals surface area (Å²) in [5.41, 5.74) is 0. The first-order chi connectivity index (χ1) is 4.72. The molecular formula is C8H15O2. The maximum absolute atomic E-state index is 10.9. The zero-order valence-electron chi connectivity index (χ0n) is 6.72. The van der Waals surface area contributed by atoms with Crippen LogP contribution in [-0.4, -0.2) is 12.6 Å². The molecule has 0 aliphatic rings. The standard InChI is InChI=1S/C8H15O2/c1-4-6-10-8(9)7(3)5-2/h7H,2,4-6H2,1,3H3. The number of carbonyl (C=O) groups is 1. The minimum Gasteiger partial charge on any atom is -0.465 e. The van der Waals surface area contributed by atoms with E-state index >= 15 is 0 Å². The third-order valence-electron chi connectivity index (χ3n) is 1.28. The molecule has 0 aliphatic heterocycles. The molecule has 1 unspecified atom stereocenters. The van der Waals surface area contributed by atoms with Gasteiger partial charge in [0.05, 0.1) is 12.5 Å². The van der Waals surface area contributed by atoms with Crippen LogP contribution in [0.25, 0.3) is 0 Å². The highest BCUT2D eigenvalue weighted by atomic mass is 16.5. The van der Waals surface area contributed by atoms with E-state index in [9.17, 15) is 4.79 Å². The lowest BCUT2D eigenvalue weighted by molar-refractivity contribution is -0.147. The van der Waals surface area contributed by atoms with Crippen LogP contribution in [0.1, 0.15) is 26.7 Å². The predicted molar refractivity (Wildman–Crippen MR) is 40.4 cm³/mol. The molecule has 2 heteroatoms. The average molecular weight is 143 g/mol. The van der Waals surface area contributed by atoms with Crippen LogP contribution in [0.5, 0.6) is 0 Å². The van der Waals surface area contributed by atoms with Crippen LogP contribution >= 0.6 is 0 Å². The van der Waals surface area contributed by atoms with Crippen molar-refractivity contribution in [2.24, 2.45) is 5.92 Å². The summed E-state index contributed by atoms with van der Waals surface area (Å²) in [5.74, 6) is -0.177. The molecule has 10 heavy (non-hydrogen) atoms.